The molecule has 0 saturated carbocycles. The Morgan fingerprint density at radius 1 is 0.606 bits per heavy atom. The van der Waals surface area contributed by atoms with Crippen LogP contribution >= 0.6 is 0 Å². The molecule has 0 amide bonds. The van der Waals surface area contributed by atoms with Gasteiger partial charge < -0.3 is 0 Å². The summed E-state index contributed by atoms with van der Waals surface area (Å²) in [4.78, 5) is 21.1. The number of hydrogen-bond acceptors (Lipinski definition) is 4. The first-order chi connectivity index (χ1) is 15.7. The van der Waals surface area contributed by atoms with Crippen LogP contribution in [0.4, 0.5) is 11.6 Å². The normalized spacial score (nSPS) is 24.3. The van der Waals surface area contributed by atoms with Crippen LogP contribution in [0.15, 0.2) is 31.1 Å². The summed E-state index contributed by atoms with van der Waals surface area (Å²) in [6.07, 6.45) is -0.110. The van der Waals surface area contributed by atoms with Gasteiger partial charge in [0.1, 0.15) is 28.1 Å². The fourth-order valence-corrected chi connectivity index (χ4v) is 6.49. The Bertz CT molecular complexity index is 1880. The van der Waals surface area contributed by atoms with Gasteiger partial charge in [0.25, 0.3) is 5.49 Å². The van der Waals surface area contributed by atoms with Gasteiger partial charge in [-0.2, -0.15) is 4.58 Å². The summed E-state index contributed by atoms with van der Waals surface area (Å²) in [7, 11) is 0. The fraction of sp³-hybridized carbons (Fsp3) is 0.400. The van der Waals surface area contributed by atoms with Gasteiger partial charge in [-0.3, -0.25) is 0 Å². The third-order valence-electron chi connectivity index (χ3n) is 8.86. The topological polar surface area (TPSA) is 67.2 Å². The molecule has 164 valence electrons. The molecule has 33 heavy (non-hydrogen) atoms. The summed E-state index contributed by atoms with van der Waals surface area (Å²) in [5, 5.41) is 0. The molecule has 0 saturated heterocycles. The quantitative estimate of drug-likeness (QED) is 0.479. The lowest BCUT2D eigenvalue weighted by Crippen LogP contribution is -2.73. The van der Waals surface area contributed by atoms with E-state index in [-0.39, 0.29) is 6.17 Å². The van der Waals surface area contributed by atoms with E-state index in [0.717, 1.165) is 39.4 Å². The molecule has 0 fully saturated rings. The van der Waals surface area contributed by atoms with Gasteiger partial charge in [-0.15, -0.1) is 0 Å². The van der Waals surface area contributed by atoms with Crippen LogP contribution in [-0.4, -0.2) is 30.3 Å². The van der Waals surface area contributed by atoms with Crippen LogP contribution in [0.1, 0.15) is 47.2 Å². The molecule has 3 aromatic rings. The smallest absolute Gasteiger partial charge is 0.228 e. The first-order valence-corrected chi connectivity index (χ1v) is 11.6. The first kappa shape index (κ1) is 17.9. The average Bonchev–Trinajstić information content (AvgIpc) is 3.40. The molecule has 0 aromatic carbocycles. The Labute approximate surface area is 190 Å². The number of aromatic nitrogens is 3. The van der Waals surface area contributed by atoms with E-state index in [4.69, 9.17) is 20.0 Å². The average molecular weight is 438 g/mol. The van der Waals surface area contributed by atoms with Gasteiger partial charge in [-0.1, -0.05) is 0 Å². The lowest BCUT2D eigenvalue weighted by molar-refractivity contribution is -0.682. The highest BCUT2D eigenvalue weighted by Crippen LogP contribution is 2.47. The minimum absolute atomic E-state index is 0.110. The minimum Gasteiger partial charge on any atom is -0.228 e. The van der Waals surface area contributed by atoms with Crippen LogP contribution in [0, 0.1) is 41.5 Å². The number of amidine groups is 1. The molecule has 8 rings (SSSR count). The molecule has 8 heterocycles. The Kier molecular flexibility index (Phi) is 2.64. The van der Waals surface area contributed by atoms with Crippen molar-refractivity contribution in [1.29, 1.82) is 0 Å². The molecular formula is C25H25N8+. The van der Waals surface area contributed by atoms with Gasteiger partial charge in [-0.05, 0) is 82.6 Å². The highest BCUT2D eigenvalue weighted by atomic mass is 15.7. The highest BCUT2D eigenvalue weighted by molar-refractivity contribution is 5.97. The zero-order valence-corrected chi connectivity index (χ0v) is 20.2. The maximum Gasteiger partial charge on any atom is 0.372 e. The van der Waals surface area contributed by atoms with E-state index < -0.39 is 5.91 Å². The summed E-state index contributed by atoms with van der Waals surface area (Å²) in [6.45, 7) is 17.4. The largest absolute Gasteiger partial charge is 0.372 e. The predicted molar refractivity (Wildman–Crippen MR) is 122 cm³/mol. The SMILES string of the molecule is CC1=C(C)C2N=c3c(C)c(C)c4n3[C@@]35n6c(c(C)c(C)c6N=4)N=c4c(C)c(C)c(n43)=NC1=[N+]25. The van der Waals surface area contributed by atoms with Crippen LogP contribution in [0.2, 0.25) is 0 Å². The number of hydrogen-bond donors (Lipinski definition) is 0. The minimum atomic E-state index is -0.719. The second-order valence-electron chi connectivity index (χ2n) is 10.1. The van der Waals surface area contributed by atoms with Crippen molar-refractivity contribution in [2.45, 2.75) is 67.5 Å². The van der Waals surface area contributed by atoms with E-state index in [0.29, 0.717) is 0 Å². The highest BCUT2D eigenvalue weighted by Gasteiger charge is 2.63. The standard InChI is InChI=1S/C25H25N8/c1-9-10(2)18-27-20-13(5)14(6)22-29-24-16(8)15(7)23-28-21-12(4)11(3)19-26-17(9)30(18)25(31(19)21,32(20)22)33(23)24/h17H,1-8H3/q+1/t17?,25-/m1/s1. The Balaban J connectivity index is 1.80. The molecule has 3 aromatic heterocycles. The van der Waals surface area contributed by atoms with Crippen LogP contribution in [-0.2, 0) is 5.91 Å². The van der Waals surface area contributed by atoms with E-state index >= 15 is 0 Å². The molecule has 0 radical (unpaired) electrons. The Morgan fingerprint density at radius 3 is 1.67 bits per heavy atom. The fourth-order valence-electron chi connectivity index (χ4n) is 6.49. The van der Waals surface area contributed by atoms with E-state index in [1.165, 1.54) is 44.5 Å². The third kappa shape index (κ3) is 1.47. The van der Waals surface area contributed by atoms with Crippen LogP contribution in [0.3, 0.4) is 0 Å². The summed E-state index contributed by atoms with van der Waals surface area (Å²) in [6, 6.07) is 0. The van der Waals surface area contributed by atoms with Crippen molar-refractivity contribution >= 4 is 17.5 Å². The molecule has 5 aliphatic rings. The molecule has 0 aliphatic carbocycles. The van der Waals surface area contributed by atoms with Crippen molar-refractivity contribution in [3.8, 4) is 0 Å². The summed E-state index contributed by atoms with van der Waals surface area (Å²) >= 11 is 0. The second kappa shape index (κ2) is 4.85. The predicted octanol–water partition coefficient (Wildman–Crippen LogP) is 1.49. The Hall–Kier alpha value is -3.55. The van der Waals surface area contributed by atoms with Gasteiger partial charge >= 0.3 is 11.7 Å². The van der Waals surface area contributed by atoms with E-state index in [1.807, 2.05) is 0 Å². The maximum absolute atomic E-state index is 5.32. The van der Waals surface area contributed by atoms with Gasteiger partial charge in [0.15, 0.2) is 0 Å². The molecule has 5 aliphatic heterocycles. The van der Waals surface area contributed by atoms with E-state index in [1.54, 1.807) is 0 Å². The summed E-state index contributed by atoms with van der Waals surface area (Å²) < 4.78 is 9.47. The molecule has 8 nitrogen and oxygen atoms in total. The number of nitrogens with zero attached hydrogens (tertiary/aromatic N) is 8. The zero-order valence-electron chi connectivity index (χ0n) is 20.2. The molecule has 2 atom stereocenters. The van der Waals surface area contributed by atoms with Crippen LogP contribution in [0.25, 0.3) is 0 Å². The van der Waals surface area contributed by atoms with Gasteiger partial charge in [0.2, 0.25) is 6.17 Å². The lowest BCUT2D eigenvalue weighted by Gasteiger charge is -2.44. The molecule has 1 spiro atoms. The monoisotopic (exact) mass is 437 g/mol. The van der Waals surface area contributed by atoms with Gasteiger partial charge in [0, 0.05) is 22.3 Å². The van der Waals surface area contributed by atoms with Crippen molar-refractivity contribution in [2.75, 3.05) is 0 Å². The first-order valence-electron chi connectivity index (χ1n) is 11.6. The second-order valence-corrected chi connectivity index (χ2v) is 10.1. The van der Waals surface area contributed by atoms with Crippen molar-refractivity contribution in [2.24, 2.45) is 20.0 Å². The summed E-state index contributed by atoms with van der Waals surface area (Å²) in [5.41, 5.74) is 13.5. The van der Waals surface area contributed by atoms with Crippen molar-refractivity contribution in [3.05, 3.63) is 66.5 Å². The van der Waals surface area contributed by atoms with E-state index in [9.17, 15) is 0 Å². The molecule has 8 heteroatoms. The van der Waals surface area contributed by atoms with Crippen molar-refractivity contribution < 1.29 is 4.58 Å². The molecular weight excluding hydrogens is 412 g/mol. The maximum atomic E-state index is 5.32. The Morgan fingerprint density at radius 2 is 1.09 bits per heavy atom. The third-order valence-corrected chi connectivity index (χ3v) is 8.86. The van der Waals surface area contributed by atoms with Crippen molar-refractivity contribution in [1.82, 2.24) is 13.7 Å². The zero-order chi connectivity index (χ0) is 22.9. The summed E-state index contributed by atoms with van der Waals surface area (Å²) in [5.74, 6) is 2.25. The number of rotatable bonds is 0. The molecule has 0 bridgehead atoms. The van der Waals surface area contributed by atoms with Gasteiger partial charge in [-0.25, -0.2) is 28.7 Å². The van der Waals surface area contributed by atoms with Gasteiger partial charge in [0.05, 0.1) is 0 Å². The van der Waals surface area contributed by atoms with Crippen LogP contribution < -0.4 is 22.0 Å². The lowest BCUT2D eigenvalue weighted by atomic mass is 10.1. The van der Waals surface area contributed by atoms with Crippen LogP contribution in [0.5, 0.6) is 0 Å². The molecule has 1 unspecified atom stereocenters. The van der Waals surface area contributed by atoms with E-state index in [2.05, 4.69) is 73.7 Å². The molecule has 0 N–H and O–H groups in total. The van der Waals surface area contributed by atoms with Crippen molar-refractivity contribution in [3.63, 3.8) is 0 Å².